The van der Waals surface area contributed by atoms with Crippen molar-refractivity contribution < 1.29 is 0 Å². The summed E-state index contributed by atoms with van der Waals surface area (Å²) < 4.78 is 0. The van der Waals surface area contributed by atoms with Crippen molar-refractivity contribution in [1.82, 2.24) is 19.8 Å². The summed E-state index contributed by atoms with van der Waals surface area (Å²) in [4.78, 5) is 13.7. The van der Waals surface area contributed by atoms with Crippen LogP contribution in [0.3, 0.4) is 0 Å². The lowest BCUT2D eigenvalue weighted by molar-refractivity contribution is 0.405. The number of pyridine rings is 2. The molecule has 28 heavy (non-hydrogen) atoms. The van der Waals surface area contributed by atoms with Crippen LogP contribution >= 0.6 is 0 Å². The van der Waals surface area contributed by atoms with E-state index in [1.807, 2.05) is 12.4 Å². The molecular formula is C22H32N6. The van der Waals surface area contributed by atoms with Gasteiger partial charge in [0, 0.05) is 47.6 Å². The van der Waals surface area contributed by atoms with Crippen molar-refractivity contribution in [3.05, 3.63) is 36.7 Å². The molecule has 0 aliphatic carbocycles. The summed E-state index contributed by atoms with van der Waals surface area (Å²) in [7, 11) is 8.42. The predicted molar refractivity (Wildman–Crippen MR) is 120 cm³/mol. The molecule has 0 aliphatic heterocycles. The van der Waals surface area contributed by atoms with Gasteiger partial charge in [-0.25, -0.2) is 0 Å². The Kier molecular flexibility index (Phi) is 7.01. The lowest BCUT2D eigenvalue weighted by Crippen LogP contribution is -2.16. The molecule has 3 rings (SSSR count). The van der Waals surface area contributed by atoms with E-state index in [-0.39, 0.29) is 0 Å². The van der Waals surface area contributed by atoms with E-state index in [1.165, 1.54) is 0 Å². The summed E-state index contributed by atoms with van der Waals surface area (Å²) in [5, 5.41) is 9.41. The van der Waals surface area contributed by atoms with Crippen molar-refractivity contribution in [1.29, 1.82) is 0 Å². The molecule has 0 unspecified atom stereocenters. The fraction of sp³-hybridized carbons (Fsp3) is 0.455. The normalized spacial score (nSPS) is 11.6. The summed E-state index contributed by atoms with van der Waals surface area (Å²) in [6, 6.07) is 8.33. The number of hydrogen-bond acceptors (Lipinski definition) is 6. The van der Waals surface area contributed by atoms with E-state index in [9.17, 15) is 0 Å². The third-order valence-electron chi connectivity index (χ3n) is 4.81. The maximum atomic E-state index is 4.71. The monoisotopic (exact) mass is 380 g/mol. The van der Waals surface area contributed by atoms with Gasteiger partial charge in [0.15, 0.2) is 0 Å². The van der Waals surface area contributed by atoms with E-state index in [0.29, 0.717) is 0 Å². The predicted octanol–water partition coefficient (Wildman–Crippen LogP) is 3.51. The standard InChI is InChI=1S/C22H32N6/c1-27(2)15-5-11-23-18-9-14-26-22-17(18)7-8-19-21(22)20(10-13-25-19)24-12-6-16-28(3)4/h7-10,13-14H,5-6,11-12,15-16H2,1-4H3,(H,23,26)(H,24,25). The second-order valence-corrected chi connectivity index (χ2v) is 7.74. The van der Waals surface area contributed by atoms with Crippen molar-refractivity contribution in [3.8, 4) is 0 Å². The molecule has 2 aromatic heterocycles. The van der Waals surface area contributed by atoms with Gasteiger partial charge in [0.25, 0.3) is 0 Å². The quantitative estimate of drug-likeness (QED) is 0.415. The molecule has 2 N–H and O–H groups in total. The van der Waals surface area contributed by atoms with Gasteiger partial charge in [-0.2, -0.15) is 0 Å². The summed E-state index contributed by atoms with van der Waals surface area (Å²) in [5.41, 5.74) is 4.21. The first-order valence-corrected chi connectivity index (χ1v) is 10.00. The summed E-state index contributed by atoms with van der Waals surface area (Å²) in [6.07, 6.45) is 5.95. The third kappa shape index (κ3) is 5.09. The van der Waals surface area contributed by atoms with Crippen LogP contribution in [0.15, 0.2) is 36.7 Å². The largest absolute Gasteiger partial charge is 0.384 e. The highest BCUT2D eigenvalue weighted by atomic mass is 15.1. The van der Waals surface area contributed by atoms with E-state index >= 15 is 0 Å². The van der Waals surface area contributed by atoms with E-state index in [2.05, 4.69) is 77.9 Å². The van der Waals surface area contributed by atoms with Gasteiger partial charge in [0.1, 0.15) is 0 Å². The van der Waals surface area contributed by atoms with Crippen LogP contribution in [0.2, 0.25) is 0 Å². The Morgan fingerprint density at radius 3 is 2.04 bits per heavy atom. The first-order chi connectivity index (χ1) is 13.6. The van der Waals surface area contributed by atoms with Crippen LogP contribution in [0.25, 0.3) is 21.8 Å². The summed E-state index contributed by atoms with van der Waals surface area (Å²) in [6.45, 7) is 4.01. The van der Waals surface area contributed by atoms with Crippen LogP contribution in [-0.4, -0.2) is 74.1 Å². The molecule has 0 fully saturated rings. The molecule has 6 heteroatoms. The molecule has 0 bridgehead atoms. The molecular weight excluding hydrogens is 348 g/mol. The Morgan fingerprint density at radius 1 is 0.750 bits per heavy atom. The lowest BCUT2D eigenvalue weighted by Gasteiger charge is -2.15. The summed E-state index contributed by atoms with van der Waals surface area (Å²) >= 11 is 0. The van der Waals surface area contributed by atoms with Gasteiger partial charge >= 0.3 is 0 Å². The topological polar surface area (TPSA) is 56.3 Å². The van der Waals surface area contributed by atoms with Crippen molar-refractivity contribution >= 4 is 33.2 Å². The minimum atomic E-state index is 0.927. The third-order valence-corrected chi connectivity index (χ3v) is 4.81. The van der Waals surface area contributed by atoms with E-state index in [0.717, 1.165) is 72.2 Å². The molecule has 2 heterocycles. The number of rotatable bonds is 10. The van der Waals surface area contributed by atoms with Gasteiger partial charge in [0.2, 0.25) is 0 Å². The van der Waals surface area contributed by atoms with E-state index < -0.39 is 0 Å². The van der Waals surface area contributed by atoms with Crippen LogP contribution in [0, 0.1) is 0 Å². The van der Waals surface area contributed by atoms with Gasteiger partial charge in [-0.3, -0.25) is 9.97 Å². The van der Waals surface area contributed by atoms with Crippen LogP contribution < -0.4 is 10.6 Å². The van der Waals surface area contributed by atoms with Gasteiger partial charge in [-0.05, 0) is 78.4 Å². The molecule has 0 saturated carbocycles. The average molecular weight is 381 g/mol. The number of nitrogens with one attached hydrogen (secondary N) is 2. The highest BCUT2D eigenvalue weighted by Crippen LogP contribution is 2.32. The SMILES string of the molecule is CN(C)CCCNc1ccnc2c1ccc1nccc(NCCCN(C)C)c12. The molecule has 0 atom stereocenters. The van der Waals surface area contributed by atoms with Gasteiger partial charge in [-0.1, -0.05) is 0 Å². The highest BCUT2D eigenvalue weighted by Gasteiger charge is 2.10. The van der Waals surface area contributed by atoms with Crippen molar-refractivity contribution in [2.24, 2.45) is 0 Å². The Morgan fingerprint density at radius 2 is 1.36 bits per heavy atom. The molecule has 0 radical (unpaired) electrons. The van der Waals surface area contributed by atoms with Gasteiger partial charge in [-0.15, -0.1) is 0 Å². The summed E-state index contributed by atoms with van der Waals surface area (Å²) in [5.74, 6) is 0. The Labute approximate surface area is 168 Å². The number of fused-ring (bicyclic) bond motifs is 3. The molecule has 0 saturated heterocycles. The zero-order chi connectivity index (χ0) is 19.9. The Balaban J connectivity index is 1.86. The van der Waals surface area contributed by atoms with E-state index in [1.54, 1.807) is 0 Å². The molecule has 6 nitrogen and oxygen atoms in total. The Bertz CT molecular complexity index is 906. The maximum Gasteiger partial charge on any atom is 0.0837 e. The molecule has 0 amide bonds. The smallest absolute Gasteiger partial charge is 0.0837 e. The molecule has 0 aliphatic rings. The van der Waals surface area contributed by atoms with Crippen molar-refractivity contribution in [3.63, 3.8) is 0 Å². The zero-order valence-corrected chi connectivity index (χ0v) is 17.5. The molecule has 150 valence electrons. The van der Waals surface area contributed by atoms with Crippen LogP contribution in [0.1, 0.15) is 12.8 Å². The minimum Gasteiger partial charge on any atom is -0.384 e. The number of aromatic nitrogens is 2. The first-order valence-electron chi connectivity index (χ1n) is 10.00. The second kappa shape index (κ2) is 9.66. The fourth-order valence-corrected chi connectivity index (χ4v) is 3.39. The Hall–Kier alpha value is -2.44. The molecule has 3 aromatic rings. The van der Waals surface area contributed by atoms with Crippen molar-refractivity contribution in [2.45, 2.75) is 12.8 Å². The number of benzene rings is 1. The van der Waals surface area contributed by atoms with Crippen LogP contribution in [0.4, 0.5) is 11.4 Å². The average Bonchev–Trinajstić information content (AvgIpc) is 2.68. The zero-order valence-electron chi connectivity index (χ0n) is 17.5. The van der Waals surface area contributed by atoms with Crippen LogP contribution in [-0.2, 0) is 0 Å². The number of hydrogen-bond donors (Lipinski definition) is 2. The highest BCUT2D eigenvalue weighted by molar-refractivity contribution is 6.13. The lowest BCUT2D eigenvalue weighted by atomic mass is 10.1. The van der Waals surface area contributed by atoms with Crippen molar-refractivity contribution in [2.75, 3.05) is 65.0 Å². The molecule has 0 spiro atoms. The minimum absolute atomic E-state index is 0.927. The van der Waals surface area contributed by atoms with Gasteiger partial charge < -0.3 is 20.4 Å². The fourth-order valence-electron chi connectivity index (χ4n) is 3.39. The van der Waals surface area contributed by atoms with Gasteiger partial charge in [0.05, 0.1) is 11.0 Å². The number of anilines is 2. The van der Waals surface area contributed by atoms with Crippen LogP contribution in [0.5, 0.6) is 0 Å². The number of nitrogens with zero attached hydrogens (tertiary/aromatic N) is 4. The first kappa shape index (κ1) is 20.3. The second-order valence-electron chi connectivity index (χ2n) is 7.74. The maximum absolute atomic E-state index is 4.71. The van der Waals surface area contributed by atoms with E-state index in [4.69, 9.17) is 4.98 Å². The molecule has 1 aromatic carbocycles.